The van der Waals surface area contributed by atoms with Gasteiger partial charge in [-0.3, -0.25) is 4.98 Å². The van der Waals surface area contributed by atoms with Crippen LogP contribution in [-0.4, -0.2) is 19.5 Å². The summed E-state index contributed by atoms with van der Waals surface area (Å²) in [5.41, 5.74) is 6.34. The van der Waals surface area contributed by atoms with E-state index < -0.39 is 0 Å². The summed E-state index contributed by atoms with van der Waals surface area (Å²) in [6.45, 7) is 0. The average Bonchev–Trinajstić information content (AvgIpc) is 3.35. The van der Waals surface area contributed by atoms with E-state index in [-0.39, 0.29) is 20.1 Å². The maximum absolute atomic E-state index is 4.35. The van der Waals surface area contributed by atoms with Gasteiger partial charge in [-0.25, -0.2) is 0 Å². The molecule has 34 heavy (non-hydrogen) atoms. The van der Waals surface area contributed by atoms with Crippen LogP contribution in [0.15, 0.2) is 122 Å². The third kappa shape index (κ3) is 5.34. The van der Waals surface area contributed by atoms with E-state index in [2.05, 4.69) is 51.6 Å². The summed E-state index contributed by atoms with van der Waals surface area (Å²) in [7, 11) is 0. The molecule has 3 aromatic carbocycles. The SMILES string of the molecule is [Ir].[c-]1ccc(-c2ccccc2)cc1-c1ccccn1.[c-]1nc2ccccc2n1-c1ccccn1. The van der Waals surface area contributed by atoms with Crippen molar-refractivity contribution in [3.8, 4) is 28.2 Å². The summed E-state index contributed by atoms with van der Waals surface area (Å²) in [5, 5.41) is 0. The summed E-state index contributed by atoms with van der Waals surface area (Å²) in [4.78, 5) is 12.8. The topological polar surface area (TPSA) is 43.6 Å². The molecule has 0 N–H and O–H groups in total. The molecule has 0 saturated heterocycles. The van der Waals surface area contributed by atoms with Crippen LogP contribution in [0.3, 0.4) is 0 Å². The first-order valence-electron chi connectivity index (χ1n) is 10.6. The van der Waals surface area contributed by atoms with Crippen LogP contribution < -0.4 is 0 Å². The third-order valence-corrected chi connectivity index (χ3v) is 5.12. The largest absolute Gasteiger partial charge is 0.411 e. The summed E-state index contributed by atoms with van der Waals surface area (Å²) in [5.74, 6) is 0.839. The number of pyridine rings is 2. The Labute approximate surface area is 212 Å². The molecule has 0 aliphatic carbocycles. The van der Waals surface area contributed by atoms with Gasteiger partial charge in [0.25, 0.3) is 0 Å². The predicted molar refractivity (Wildman–Crippen MR) is 132 cm³/mol. The molecule has 6 rings (SSSR count). The second-order valence-electron chi connectivity index (χ2n) is 7.30. The monoisotopic (exact) mass is 617 g/mol. The normalized spacial score (nSPS) is 10.1. The number of fused-ring (bicyclic) bond motifs is 1. The molecule has 0 aliphatic rings. The third-order valence-electron chi connectivity index (χ3n) is 5.12. The first kappa shape index (κ1) is 23.2. The Morgan fingerprint density at radius 2 is 1.38 bits per heavy atom. The van der Waals surface area contributed by atoms with E-state index >= 15 is 0 Å². The molecule has 4 nitrogen and oxygen atoms in total. The number of imidazole rings is 1. The van der Waals surface area contributed by atoms with E-state index in [0.29, 0.717) is 0 Å². The van der Waals surface area contributed by atoms with Gasteiger partial charge in [-0.1, -0.05) is 84.4 Å². The van der Waals surface area contributed by atoms with E-state index in [0.717, 1.165) is 28.1 Å². The maximum atomic E-state index is 4.35. The van der Waals surface area contributed by atoms with Gasteiger partial charge < -0.3 is 14.5 Å². The van der Waals surface area contributed by atoms with Crippen LogP contribution in [0.5, 0.6) is 0 Å². The van der Waals surface area contributed by atoms with Crippen LogP contribution in [0, 0.1) is 12.4 Å². The van der Waals surface area contributed by atoms with Gasteiger partial charge in [0.2, 0.25) is 0 Å². The molecular formula is C29H20IrN4-2. The molecule has 0 saturated carbocycles. The average molecular weight is 617 g/mol. The molecule has 3 heterocycles. The number of hydrogen-bond donors (Lipinski definition) is 0. The first-order chi connectivity index (χ1) is 16.4. The number of hydrogen-bond acceptors (Lipinski definition) is 3. The van der Waals surface area contributed by atoms with Crippen molar-refractivity contribution < 1.29 is 20.1 Å². The zero-order valence-electron chi connectivity index (χ0n) is 18.2. The predicted octanol–water partition coefficient (Wildman–Crippen LogP) is 6.43. The molecule has 6 aromatic rings. The van der Waals surface area contributed by atoms with Gasteiger partial charge in [-0.15, -0.1) is 35.4 Å². The molecule has 0 unspecified atom stereocenters. The minimum Gasteiger partial charge on any atom is -0.411 e. The molecule has 1 radical (unpaired) electrons. The van der Waals surface area contributed by atoms with Gasteiger partial charge in [0, 0.05) is 38.8 Å². The molecule has 3 aromatic heterocycles. The quantitative estimate of drug-likeness (QED) is 0.215. The van der Waals surface area contributed by atoms with Gasteiger partial charge in [0.1, 0.15) is 0 Å². The molecule has 0 spiro atoms. The molecule has 0 aliphatic heterocycles. The minimum absolute atomic E-state index is 0. The molecular weight excluding hydrogens is 597 g/mol. The first-order valence-corrected chi connectivity index (χ1v) is 10.6. The Morgan fingerprint density at radius 1 is 0.647 bits per heavy atom. The van der Waals surface area contributed by atoms with Crippen LogP contribution in [0.2, 0.25) is 0 Å². The van der Waals surface area contributed by atoms with Gasteiger partial charge in [-0.05, 0) is 28.9 Å². The van der Waals surface area contributed by atoms with Crippen LogP contribution in [-0.2, 0) is 20.1 Å². The Bertz CT molecular complexity index is 1390. The van der Waals surface area contributed by atoms with Crippen LogP contribution in [0.4, 0.5) is 0 Å². The molecule has 5 heteroatoms. The zero-order chi connectivity index (χ0) is 22.3. The Balaban J connectivity index is 0.000000159. The number of nitrogens with zero attached hydrogens (tertiary/aromatic N) is 4. The maximum Gasteiger partial charge on any atom is 0.0552 e. The summed E-state index contributed by atoms with van der Waals surface area (Å²) in [6, 6.07) is 39.3. The molecule has 167 valence electrons. The molecule has 0 fully saturated rings. The number of benzene rings is 3. The molecule has 0 atom stereocenters. The number of rotatable bonds is 3. The van der Waals surface area contributed by atoms with Crippen molar-refractivity contribution in [2.75, 3.05) is 0 Å². The zero-order valence-corrected chi connectivity index (χ0v) is 20.6. The van der Waals surface area contributed by atoms with E-state index in [1.54, 1.807) is 12.4 Å². The fraction of sp³-hybridized carbons (Fsp3) is 0. The Hall–Kier alpha value is -3.92. The van der Waals surface area contributed by atoms with Crippen molar-refractivity contribution in [2.24, 2.45) is 0 Å². The van der Waals surface area contributed by atoms with Crippen LogP contribution >= 0.6 is 0 Å². The molecule has 0 bridgehead atoms. The minimum atomic E-state index is 0. The van der Waals surface area contributed by atoms with Crippen molar-refractivity contribution in [2.45, 2.75) is 0 Å². The van der Waals surface area contributed by atoms with Gasteiger partial charge in [-0.2, -0.15) is 0 Å². The smallest absolute Gasteiger partial charge is 0.0552 e. The van der Waals surface area contributed by atoms with E-state index in [1.807, 2.05) is 89.5 Å². The van der Waals surface area contributed by atoms with Gasteiger partial charge >= 0.3 is 0 Å². The van der Waals surface area contributed by atoms with Crippen molar-refractivity contribution in [3.05, 3.63) is 134 Å². The van der Waals surface area contributed by atoms with E-state index in [9.17, 15) is 0 Å². The van der Waals surface area contributed by atoms with Crippen LogP contribution in [0.25, 0.3) is 39.2 Å². The van der Waals surface area contributed by atoms with E-state index in [1.165, 1.54) is 11.1 Å². The Morgan fingerprint density at radius 3 is 2.15 bits per heavy atom. The van der Waals surface area contributed by atoms with Crippen molar-refractivity contribution in [1.82, 2.24) is 19.5 Å². The fourth-order valence-electron chi connectivity index (χ4n) is 3.51. The second-order valence-corrected chi connectivity index (χ2v) is 7.30. The standard InChI is InChI=1S/C17H12N.C12H8N3.Ir/c1-2-7-14(8-3-1)15-9-6-10-16(13-15)17-11-4-5-12-18-17;1-2-6-11-10(5-1)14-9-15(11)12-7-3-4-8-13-12;/h1-9,11-13H;1-8H;/q2*-1;. The fourth-order valence-corrected chi connectivity index (χ4v) is 3.51. The Kier molecular flexibility index (Phi) is 7.71. The van der Waals surface area contributed by atoms with Crippen molar-refractivity contribution in [1.29, 1.82) is 0 Å². The van der Waals surface area contributed by atoms with Gasteiger partial charge in [0.05, 0.1) is 5.82 Å². The van der Waals surface area contributed by atoms with Gasteiger partial charge in [0.15, 0.2) is 0 Å². The summed E-state index contributed by atoms with van der Waals surface area (Å²) >= 11 is 0. The second kappa shape index (κ2) is 11.3. The van der Waals surface area contributed by atoms with Crippen molar-refractivity contribution in [3.63, 3.8) is 0 Å². The number of aromatic nitrogens is 4. The summed E-state index contributed by atoms with van der Waals surface area (Å²) < 4.78 is 1.86. The molecule has 0 amide bonds. The van der Waals surface area contributed by atoms with Crippen LogP contribution in [0.1, 0.15) is 0 Å². The van der Waals surface area contributed by atoms with E-state index in [4.69, 9.17) is 0 Å². The van der Waals surface area contributed by atoms with Crippen molar-refractivity contribution >= 4 is 11.0 Å². The summed E-state index contributed by atoms with van der Waals surface area (Å²) in [6.07, 6.45) is 6.50. The number of para-hydroxylation sites is 2.